The Morgan fingerprint density at radius 2 is 2.07 bits per heavy atom. The second-order valence-corrected chi connectivity index (χ2v) is 7.36. The fourth-order valence-electron chi connectivity index (χ4n) is 3.35. The monoisotopic (exact) mass is 379 g/mol. The van der Waals surface area contributed by atoms with Crippen molar-refractivity contribution < 1.29 is 9.47 Å². The fourth-order valence-corrected chi connectivity index (χ4v) is 3.35. The number of pyridine rings is 1. The summed E-state index contributed by atoms with van der Waals surface area (Å²) in [6, 6.07) is 7.80. The van der Waals surface area contributed by atoms with Crippen LogP contribution in [-0.4, -0.2) is 39.8 Å². The first kappa shape index (κ1) is 18.4. The predicted octanol–water partition coefficient (Wildman–Crippen LogP) is 3.57. The number of hydrogen-bond acceptors (Lipinski definition) is 6. The van der Waals surface area contributed by atoms with Gasteiger partial charge in [-0.25, -0.2) is 4.98 Å². The normalized spacial score (nSPS) is 15.2. The number of nitrogens with zero attached hydrogens (tertiary/aromatic N) is 3. The van der Waals surface area contributed by atoms with E-state index in [1.807, 2.05) is 29.1 Å². The average Bonchev–Trinajstić information content (AvgIpc) is 3.12. The third kappa shape index (κ3) is 3.57. The third-order valence-electron chi connectivity index (χ3n) is 4.99. The Balaban J connectivity index is 1.68. The van der Waals surface area contributed by atoms with Gasteiger partial charge in [0.25, 0.3) is 0 Å². The Kier molecular flexibility index (Phi) is 5.00. The van der Waals surface area contributed by atoms with Crippen molar-refractivity contribution >= 4 is 22.3 Å². The van der Waals surface area contributed by atoms with E-state index in [-0.39, 0.29) is 17.9 Å². The minimum absolute atomic E-state index is 0.0267. The number of nitrogens with one attached hydrogen (secondary N) is 1. The molecular formula is C21H25N5O2. The number of nitrogen functional groups attached to an aromatic ring is 1. The van der Waals surface area contributed by atoms with E-state index in [2.05, 4.69) is 23.9 Å². The molecule has 7 heteroatoms. The van der Waals surface area contributed by atoms with Gasteiger partial charge in [-0.15, -0.1) is 0 Å². The molecule has 0 atom stereocenters. The molecule has 0 bridgehead atoms. The number of nitrogens with two attached hydrogens (primary N) is 1. The lowest BCUT2D eigenvalue weighted by Crippen LogP contribution is -2.27. The van der Waals surface area contributed by atoms with E-state index in [4.69, 9.17) is 20.6 Å². The average molecular weight is 379 g/mol. The molecule has 1 aliphatic rings. The van der Waals surface area contributed by atoms with Crippen molar-refractivity contribution in [1.82, 2.24) is 14.8 Å². The second kappa shape index (κ2) is 7.59. The highest BCUT2D eigenvalue weighted by Gasteiger charge is 2.22. The van der Waals surface area contributed by atoms with Crippen molar-refractivity contribution in [3.05, 3.63) is 47.8 Å². The maximum atomic E-state index is 8.78. The van der Waals surface area contributed by atoms with Gasteiger partial charge in [-0.3, -0.25) is 10.1 Å². The van der Waals surface area contributed by atoms with Gasteiger partial charge >= 0.3 is 0 Å². The third-order valence-corrected chi connectivity index (χ3v) is 4.99. The van der Waals surface area contributed by atoms with Crippen LogP contribution in [0.3, 0.4) is 0 Å². The molecule has 0 saturated carbocycles. The van der Waals surface area contributed by atoms with Crippen LogP contribution >= 0.6 is 0 Å². The van der Waals surface area contributed by atoms with Crippen LogP contribution < -0.4 is 10.5 Å². The molecule has 3 aromatic rings. The highest BCUT2D eigenvalue weighted by atomic mass is 16.5. The molecule has 0 aliphatic carbocycles. The van der Waals surface area contributed by atoms with E-state index < -0.39 is 0 Å². The number of benzene rings is 1. The van der Waals surface area contributed by atoms with Crippen LogP contribution in [0.4, 0.5) is 5.69 Å². The number of hydrogen-bond donors (Lipinski definition) is 2. The van der Waals surface area contributed by atoms with Crippen LogP contribution in [0, 0.1) is 5.41 Å². The standard InChI is InChI=1S/C21H25N5O2/c1-13(2)26-12-15-4-3-14(11-18(15)25-26)20(23)19-17(22)5-8-24-21(19)28-16-6-9-27-10-7-16/h3-5,8,11-13,16,23H,6-7,9-10H2,1-2H3,(H2,22,24). The first-order chi connectivity index (χ1) is 13.5. The molecule has 146 valence electrons. The maximum absolute atomic E-state index is 8.78. The van der Waals surface area contributed by atoms with E-state index in [9.17, 15) is 0 Å². The lowest BCUT2D eigenvalue weighted by atomic mass is 10.0. The first-order valence-corrected chi connectivity index (χ1v) is 9.60. The lowest BCUT2D eigenvalue weighted by Gasteiger charge is -2.24. The number of anilines is 1. The zero-order valence-electron chi connectivity index (χ0n) is 16.2. The lowest BCUT2D eigenvalue weighted by molar-refractivity contribution is 0.0237. The Morgan fingerprint density at radius 1 is 1.29 bits per heavy atom. The molecule has 0 unspecified atom stereocenters. The number of fused-ring (bicyclic) bond motifs is 1. The van der Waals surface area contributed by atoms with E-state index >= 15 is 0 Å². The SMILES string of the molecule is CC(C)n1cc2ccc(C(=N)c3c(N)ccnc3OC3CCOCC3)cc2n1. The largest absolute Gasteiger partial charge is 0.474 e. The topological polar surface area (TPSA) is 99.0 Å². The summed E-state index contributed by atoms with van der Waals surface area (Å²) in [5.41, 5.74) is 9.09. The maximum Gasteiger partial charge on any atom is 0.225 e. The van der Waals surface area contributed by atoms with Crippen LogP contribution in [0.15, 0.2) is 36.7 Å². The Hall–Kier alpha value is -2.93. The van der Waals surface area contributed by atoms with Crippen LogP contribution in [0.2, 0.25) is 0 Å². The molecule has 1 fully saturated rings. The van der Waals surface area contributed by atoms with Gasteiger partial charge in [-0.1, -0.05) is 12.1 Å². The summed E-state index contributed by atoms with van der Waals surface area (Å²) in [7, 11) is 0. The molecule has 1 saturated heterocycles. The summed E-state index contributed by atoms with van der Waals surface area (Å²) >= 11 is 0. The summed E-state index contributed by atoms with van der Waals surface area (Å²) < 4.78 is 13.4. The molecule has 0 spiro atoms. The van der Waals surface area contributed by atoms with E-state index in [1.165, 1.54) is 0 Å². The fraction of sp³-hybridized carbons (Fsp3) is 0.381. The van der Waals surface area contributed by atoms with Gasteiger partial charge in [-0.05, 0) is 26.0 Å². The summed E-state index contributed by atoms with van der Waals surface area (Å²) in [6.45, 7) is 5.53. The highest BCUT2D eigenvalue weighted by molar-refractivity contribution is 6.16. The van der Waals surface area contributed by atoms with Crippen molar-refractivity contribution in [2.45, 2.75) is 38.8 Å². The molecule has 3 N–H and O–H groups in total. The van der Waals surface area contributed by atoms with E-state index in [0.29, 0.717) is 30.3 Å². The van der Waals surface area contributed by atoms with Crippen molar-refractivity contribution in [1.29, 1.82) is 5.41 Å². The first-order valence-electron chi connectivity index (χ1n) is 9.60. The Labute approximate surface area is 164 Å². The number of aromatic nitrogens is 3. The summed E-state index contributed by atoms with van der Waals surface area (Å²) in [4.78, 5) is 4.37. The van der Waals surface area contributed by atoms with Gasteiger partial charge in [0, 0.05) is 47.9 Å². The second-order valence-electron chi connectivity index (χ2n) is 7.36. The van der Waals surface area contributed by atoms with Gasteiger partial charge in [0.15, 0.2) is 0 Å². The molecule has 0 amide bonds. The molecule has 28 heavy (non-hydrogen) atoms. The quantitative estimate of drug-likeness (QED) is 0.660. The van der Waals surface area contributed by atoms with Crippen LogP contribution in [0.5, 0.6) is 5.88 Å². The van der Waals surface area contributed by atoms with Crippen LogP contribution in [0.25, 0.3) is 10.9 Å². The zero-order valence-corrected chi connectivity index (χ0v) is 16.2. The molecule has 1 aromatic carbocycles. The Bertz CT molecular complexity index is 1010. The van der Waals surface area contributed by atoms with Gasteiger partial charge in [0.1, 0.15) is 6.10 Å². The minimum Gasteiger partial charge on any atom is -0.474 e. The van der Waals surface area contributed by atoms with Crippen molar-refractivity contribution in [3.63, 3.8) is 0 Å². The number of ether oxygens (including phenoxy) is 2. The van der Waals surface area contributed by atoms with Gasteiger partial charge in [-0.2, -0.15) is 5.10 Å². The molecule has 1 aliphatic heterocycles. The number of rotatable bonds is 5. The van der Waals surface area contributed by atoms with Crippen molar-refractivity contribution in [2.75, 3.05) is 18.9 Å². The molecule has 4 rings (SSSR count). The van der Waals surface area contributed by atoms with Crippen LogP contribution in [0.1, 0.15) is 43.9 Å². The molecule has 7 nitrogen and oxygen atoms in total. The molecular weight excluding hydrogens is 354 g/mol. The molecule has 0 radical (unpaired) electrons. The summed E-state index contributed by atoms with van der Waals surface area (Å²) in [5.74, 6) is 0.407. The van der Waals surface area contributed by atoms with E-state index in [0.717, 1.165) is 29.3 Å². The predicted molar refractivity (Wildman–Crippen MR) is 109 cm³/mol. The van der Waals surface area contributed by atoms with Gasteiger partial charge < -0.3 is 15.2 Å². The van der Waals surface area contributed by atoms with E-state index in [1.54, 1.807) is 12.3 Å². The van der Waals surface area contributed by atoms with Gasteiger partial charge in [0.2, 0.25) is 5.88 Å². The van der Waals surface area contributed by atoms with Gasteiger partial charge in [0.05, 0.1) is 30.0 Å². The highest BCUT2D eigenvalue weighted by Crippen LogP contribution is 2.28. The minimum atomic E-state index is 0.0267. The zero-order chi connectivity index (χ0) is 19.7. The molecule has 3 heterocycles. The van der Waals surface area contributed by atoms with Crippen molar-refractivity contribution in [3.8, 4) is 5.88 Å². The van der Waals surface area contributed by atoms with Crippen LogP contribution in [-0.2, 0) is 4.74 Å². The van der Waals surface area contributed by atoms with Crippen molar-refractivity contribution in [2.24, 2.45) is 0 Å². The Morgan fingerprint density at radius 3 is 2.82 bits per heavy atom. The smallest absolute Gasteiger partial charge is 0.225 e. The molecule has 2 aromatic heterocycles. The summed E-state index contributed by atoms with van der Waals surface area (Å²) in [5, 5.41) is 14.4. The summed E-state index contributed by atoms with van der Waals surface area (Å²) in [6.07, 6.45) is 5.28.